The van der Waals surface area contributed by atoms with Crippen molar-refractivity contribution in [3.05, 3.63) is 92.9 Å². The molecule has 12 heteroatoms. The zero-order valence-corrected chi connectivity index (χ0v) is 25.1. The minimum atomic E-state index is -0.818. The number of imide groups is 1. The predicted molar refractivity (Wildman–Crippen MR) is 164 cm³/mol. The van der Waals surface area contributed by atoms with Gasteiger partial charge in [0, 0.05) is 22.0 Å². The molecule has 6 rings (SSSR count). The van der Waals surface area contributed by atoms with Gasteiger partial charge in [-0.25, -0.2) is 4.90 Å². The van der Waals surface area contributed by atoms with Crippen molar-refractivity contribution in [2.24, 2.45) is 5.92 Å². The molecule has 2 aliphatic heterocycles. The Morgan fingerprint density at radius 3 is 2.14 bits per heavy atom. The fourth-order valence-electron chi connectivity index (χ4n) is 5.52. The summed E-state index contributed by atoms with van der Waals surface area (Å²) in [4.78, 5) is 56.0. The number of fused-ring (bicyclic) bond motifs is 2. The van der Waals surface area contributed by atoms with Crippen LogP contribution in [0, 0.1) is 5.92 Å². The maximum atomic E-state index is 14.1. The Morgan fingerprint density at radius 2 is 1.49 bits per heavy atom. The van der Waals surface area contributed by atoms with E-state index in [0.717, 1.165) is 23.1 Å². The van der Waals surface area contributed by atoms with Crippen molar-refractivity contribution in [1.29, 1.82) is 0 Å². The van der Waals surface area contributed by atoms with Gasteiger partial charge in [0.1, 0.15) is 29.0 Å². The Bertz CT molecular complexity index is 1770. The molecule has 2 unspecified atom stereocenters. The number of carbonyl (C=O) groups is 3. The van der Waals surface area contributed by atoms with Crippen LogP contribution in [0.5, 0.6) is 17.2 Å². The van der Waals surface area contributed by atoms with E-state index in [2.05, 4.69) is 5.32 Å². The summed E-state index contributed by atoms with van der Waals surface area (Å²) in [5.41, 5.74) is 1.67. The number of rotatable bonds is 8. The third-order valence-corrected chi connectivity index (χ3v) is 10.1. The van der Waals surface area contributed by atoms with Crippen molar-refractivity contribution >= 4 is 52.2 Å². The maximum Gasteiger partial charge on any atom is 0.308 e. The number of nitrogens with one attached hydrogen (secondary N) is 1. The highest BCUT2D eigenvalue weighted by Crippen LogP contribution is 2.55. The lowest BCUT2D eigenvalue weighted by Gasteiger charge is -2.31. The molecule has 2 aliphatic rings. The second-order valence-electron chi connectivity index (χ2n) is 9.89. The Labute approximate surface area is 255 Å². The molecule has 0 saturated carbocycles. The summed E-state index contributed by atoms with van der Waals surface area (Å²) in [5.74, 6) is -0.796. The van der Waals surface area contributed by atoms with Crippen molar-refractivity contribution in [3.8, 4) is 17.2 Å². The van der Waals surface area contributed by atoms with Gasteiger partial charge in [0.25, 0.3) is 0 Å². The van der Waals surface area contributed by atoms with E-state index in [1.807, 2.05) is 18.2 Å². The van der Waals surface area contributed by atoms with Crippen LogP contribution >= 0.6 is 23.1 Å². The van der Waals surface area contributed by atoms with E-state index in [1.54, 1.807) is 68.8 Å². The molecule has 0 bridgehead atoms. The number of carbonyl (C=O) groups excluding carboxylic acids is 3. The fraction of sp³-hybridized carbons (Fsp3) is 0.226. The van der Waals surface area contributed by atoms with Gasteiger partial charge in [-0.2, -0.15) is 0 Å². The first-order valence-corrected chi connectivity index (χ1v) is 15.0. The van der Waals surface area contributed by atoms with Gasteiger partial charge in [-0.15, -0.1) is 0 Å². The molecule has 1 fully saturated rings. The van der Waals surface area contributed by atoms with Crippen LogP contribution in [0.25, 0.3) is 0 Å². The molecule has 3 amide bonds. The zero-order chi connectivity index (χ0) is 30.2. The molecule has 0 radical (unpaired) electrons. The van der Waals surface area contributed by atoms with Crippen LogP contribution in [-0.2, 0) is 20.9 Å². The smallest absolute Gasteiger partial charge is 0.308 e. The van der Waals surface area contributed by atoms with Crippen molar-refractivity contribution < 1.29 is 28.6 Å². The third kappa shape index (κ3) is 5.06. The van der Waals surface area contributed by atoms with Crippen LogP contribution < -0.4 is 29.3 Å². The highest BCUT2D eigenvalue weighted by Gasteiger charge is 2.57. The molecule has 0 spiro atoms. The van der Waals surface area contributed by atoms with Gasteiger partial charge in [-0.3, -0.25) is 23.7 Å². The monoisotopic (exact) mass is 617 g/mol. The number of nitrogens with zero attached hydrogens (tertiary/aromatic N) is 2. The number of methoxy groups -OCH3 is 3. The summed E-state index contributed by atoms with van der Waals surface area (Å²) in [6.45, 7) is -0.260. The highest BCUT2D eigenvalue weighted by molar-refractivity contribution is 8.00. The Hall–Kier alpha value is -4.55. The van der Waals surface area contributed by atoms with Crippen LogP contribution in [-0.4, -0.2) is 48.9 Å². The normalized spacial score (nSPS) is 19.0. The zero-order valence-electron chi connectivity index (χ0n) is 23.4. The highest BCUT2D eigenvalue weighted by atomic mass is 32.2. The predicted octanol–water partition coefficient (Wildman–Crippen LogP) is 4.37. The second-order valence-corrected chi connectivity index (χ2v) is 12.0. The number of thiazole rings is 1. The number of anilines is 2. The minimum absolute atomic E-state index is 0.260. The lowest BCUT2D eigenvalue weighted by atomic mass is 9.82. The number of amides is 3. The van der Waals surface area contributed by atoms with Crippen LogP contribution in [0.1, 0.15) is 16.4 Å². The summed E-state index contributed by atoms with van der Waals surface area (Å²) in [6.07, 6.45) is 0. The average Bonchev–Trinajstić information content (AvgIpc) is 3.47. The first-order chi connectivity index (χ1) is 20.8. The van der Waals surface area contributed by atoms with E-state index in [4.69, 9.17) is 14.2 Å². The van der Waals surface area contributed by atoms with Gasteiger partial charge in [0.15, 0.2) is 0 Å². The van der Waals surface area contributed by atoms with E-state index in [9.17, 15) is 19.2 Å². The molecule has 0 aliphatic carbocycles. The molecule has 220 valence electrons. The SMILES string of the molecule is COc1ccc(NC(=O)Cn2c3c(sc2=O)[C@H](c2ccccc2OC)C2C(=O)N(c4ccc(OC)cc4)C(=O)C2S3)cc1. The second kappa shape index (κ2) is 11.6. The largest absolute Gasteiger partial charge is 0.497 e. The topological polar surface area (TPSA) is 116 Å². The van der Waals surface area contributed by atoms with E-state index >= 15 is 0 Å². The Morgan fingerprint density at radius 1 is 0.837 bits per heavy atom. The first kappa shape index (κ1) is 28.6. The molecule has 1 N–H and O–H groups in total. The summed E-state index contributed by atoms with van der Waals surface area (Å²) in [6, 6.07) is 20.9. The van der Waals surface area contributed by atoms with Crippen molar-refractivity contribution in [2.45, 2.75) is 22.7 Å². The van der Waals surface area contributed by atoms with Gasteiger partial charge in [-0.1, -0.05) is 41.3 Å². The van der Waals surface area contributed by atoms with E-state index < -0.39 is 23.0 Å². The van der Waals surface area contributed by atoms with Gasteiger partial charge in [0.2, 0.25) is 17.7 Å². The molecule has 4 aromatic rings. The number of aromatic nitrogens is 1. The van der Waals surface area contributed by atoms with Crippen LogP contribution in [0.15, 0.2) is 82.6 Å². The van der Waals surface area contributed by atoms with E-state index in [1.165, 1.54) is 16.6 Å². The number of para-hydroxylation sites is 1. The molecule has 3 aromatic carbocycles. The van der Waals surface area contributed by atoms with E-state index in [-0.39, 0.29) is 23.2 Å². The number of thioether (sulfide) groups is 1. The minimum Gasteiger partial charge on any atom is -0.497 e. The van der Waals surface area contributed by atoms with Crippen molar-refractivity contribution in [1.82, 2.24) is 4.57 Å². The average molecular weight is 618 g/mol. The molecule has 1 saturated heterocycles. The van der Waals surface area contributed by atoms with Crippen LogP contribution in [0.3, 0.4) is 0 Å². The van der Waals surface area contributed by atoms with Gasteiger partial charge >= 0.3 is 4.87 Å². The molecule has 1 aromatic heterocycles. The molecule has 3 heterocycles. The Kier molecular flexibility index (Phi) is 7.72. The van der Waals surface area contributed by atoms with Crippen molar-refractivity contribution in [2.75, 3.05) is 31.5 Å². The molecule has 3 atom stereocenters. The lowest BCUT2D eigenvalue weighted by molar-refractivity contribution is -0.122. The number of hydrogen-bond donors (Lipinski definition) is 1. The molecular formula is C31H27N3O7S2. The fourth-order valence-corrected chi connectivity index (χ4v) is 8.28. The van der Waals surface area contributed by atoms with Crippen LogP contribution in [0.4, 0.5) is 11.4 Å². The molecule has 10 nitrogen and oxygen atoms in total. The lowest BCUT2D eigenvalue weighted by Crippen LogP contribution is -2.33. The standard InChI is InChI=1S/C31H27N3O7S2/c1-39-19-12-8-17(9-13-19)32-23(35)16-33-30-27(43-31(33)38)24(21-6-4-5-7-22(21)41-3)25-26(42-30)29(37)34(28(25)36)18-10-14-20(40-2)15-11-18/h4-15,24-26H,16H2,1-3H3,(H,32,35)/t24-,25?,26?/m1/s1. The summed E-state index contributed by atoms with van der Waals surface area (Å²) < 4.78 is 17.5. The maximum absolute atomic E-state index is 14.1. The quantitative estimate of drug-likeness (QED) is 0.290. The summed E-state index contributed by atoms with van der Waals surface area (Å²) in [7, 11) is 4.63. The number of hydrogen-bond acceptors (Lipinski definition) is 9. The summed E-state index contributed by atoms with van der Waals surface area (Å²) in [5, 5.41) is 2.49. The molecular weight excluding hydrogens is 590 g/mol. The third-order valence-electron chi connectivity index (χ3n) is 7.53. The number of ether oxygens (including phenoxy) is 3. The van der Waals surface area contributed by atoms with E-state index in [0.29, 0.717) is 44.1 Å². The van der Waals surface area contributed by atoms with Crippen LogP contribution in [0.2, 0.25) is 0 Å². The van der Waals surface area contributed by atoms with Gasteiger partial charge < -0.3 is 19.5 Å². The summed E-state index contributed by atoms with van der Waals surface area (Å²) >= 11 is 2.14. The van der Waals surface area contributed by atoms with Crippen molar-refractivity contribution in [3.63, 3.8) is 0 Å². The molecule has 43 heavy (non-hydrogen) atoms. The Balaban J connectivity index is 1.40. The van der Waals surface area contributed by atoms with Gasteiger partial charge in [-0.05, 0) is 54.6 Å². The first-order valence-electron chi connectivity index (χ1n) is 13.3. The number of benzene rings is 3. The van der Waals surface area contributed by atoms with Gasteiger partial charge in [0.05, 0.1) is 38.0 Å².